The van der Waals surface area contributed by atoms with Crippen LogP contribution in [0.1, 0.15) is 18.4 Å². The zero-order valence-electron chi connectivity index (χ0n) is 10.2. The summed E-state index contributed by atoms with van der Waals surface area (Å²) in [5, 5.41) is 13.1. The monoisotopic (exact) mass is 261 g/mol. The summed E-state index contributed by atoms with van der Waals surface area (Å²) in [5.74, 6) is 0.750. The SMILES string of the molecule is N#Cc1cc(NC2CCN3CCC2C3)ccc1Cl. The number of nitrogens with zero attached hydrogens (tertiary/aromatic N) is 2. The number of benzene rings is 1. The van der Waals surface area contributed by atoms with Gasteiger partial charge in [0.2, 0.25) is 0 Å². The number of nitriles is 1. The first-order valence-electron chi connectivity index (χ1n) is 6.45. The second-order valence-corrected chi connectivity index (χ2v) is 5.60. The predicted octanol–water partition coefficient (Wildman–Crippen LogP) is 2.72. The van der Waals surface area contributed by atoms with Gasteiger partial charge in [-0.05, 0) is 43.5 Å². The van der Waals surface area contributed by atoms with Crippen molar-refractivity contribution in [2.45, 2.75) is 18.9 Å². The van der Waals surface area contributed by atoms with Gasteiger partial charge >= 0.3 is 0 Å². The molecule has 0 saturated carbocycles. The van der Waals surface area contributed by atoms with Crippen LogP contribution >= 0.6 is 11.6 Å². The van der Waals surface area contributed by atoms with Crippen LogP contribution in [0.2, 0.25) is 5.02 Å². The minimum Gasteiger partial charge on any atom is -0.382 e. The van der Waals surface area contributed by atoms with Crippen molar-refractivity contribution in [1.82, 2.24) is 4.90 Å². The second-order valence-electron chi connectivity index (χ2n) is 5.20. The summed E-state index contributed by atoms with van der Waals surface area (Å²) in [7, 11) is 0. The quantitative estimate of drug-likeness (QED) is 0.890. The molecule has 0 aromatic heterocycles. The van der Waals surface area contributed by atoms with Crippen molar-refractivity contribution in [3.8, 4) is 6.07 Å². The van der Waals surface area contributed by atoms with Gasteiger partial charge in [0.1, 0.15) is 6.07 Å². The van der Waals surface area contributed by atoms with Gasteiger partial charge in [-0.2, -0.15) is 5.26 Å². The van der Waals surface area contributed by atoms with Crippen molar-refractivity contribution in [2.75, 3.05) is 25.0 Å². The van der Waals surface area contributed by atoms with Crippen LogP contribution in [-0.2, 0) is 0 Å². The molecule has 2 aliphatic heterocycles. The van der Waals surface area contributed by atoms with Gasteiger partial charge in [-0.1, -0.05) is 11.6 Å². The number of nitrogens with one attached hydrogen (secondary N) is 1. The van der Waals surface area contributed by atoms with E-state index >= 15 is 0 Å². The van der Waals surface area contributed by atoms with E-state index in [2.05, 4.69) is 16.3 Å². The molecule has 1 aromatic rings. The van der Waals surface area contributed by atoms with E-state index < -0.39 is 0 Å². The van der Waals surface area contributed by atoms with E-state index in [4.69, 9.17) is 16.9 Å². The number of fused-ring (bicyclic) bond motifs is 2. The Morgan fingerprint density at radius 1 is 1.33 bits per heavy atom. The zero-order valence-corrected chi connectivity index (χ0v) is 11.0. The maximum atomic E-state index is 8.98. The fourth-order valence-corrected chi connectivity index (χ4v) is 3.22. The third kappa shape index (κ3) is 2.19. The minimum absolute atomic E-state index is 0.527. The standard InChI is InChI=1S/C14H16ClN3/c15-13-2-1-12(7-11(13)8-16)17-14-4-6-18-5-3-10(14)9-18/h1-2,7,10,14,17H,3-6,9H2. The highest BCUT2D eigenvalue weighted by Gasteiger charge is 2.34. The molecular weight excluding hydrogens is 246 g/mol. The molecule has 3 unspecified atom stereocenters. The fourth-order valence-electron chi connectivity index (χ4n) is 3.06. The van der Waals surface area contributed by atoms with Crippen LogP contribution in [0.5, 0.6) is 0 Å². The van der Waals surface area contributed by atoms with Crippen molar-refractivity contribution in [1.29, 1.82) is 5.26 Å². The van der Waals surface area contributed by atoms with Crippen LogP contribution in [0.4, 0.5) is 5.69 Å². The average Bonchev–Trinajstić information content (AvgIpc) is 2.78. The number of hydrogen-bond acceptors (Lipinski definition) is 3. The molecule has 3 nitrogen and oxygen atoms in total. The first-order valence-corrected chi connectivity index (χ1v) is 6.82. The topological polar surface area (TPSA) is 39.1 Å². The lowest BCUT2D eigenvalue weighted by Crippen LogP contribution is -2.39. The maximum Gasteiger partial charge on any atom is 0.101 e. The molecule has 3 rings (SSSR count). The van der Waals surface area contributed by atoms with Gasteiger partial charge < -0.3 is 10.2 Å². The summed E-state index contributed by atoms with van der Waals surface area (Å²) in [6, 6.07) is 8.28. The normalized spacial score (nSPS) is 29.9. The molecule has 4 heteroatoms. The first kappa shape index (κ1) is 11.8. The Balaban J connectivity index is 1.74. The molecule has 2 aliphatic rings. The highest BCUT2D eigenvalue weighted by molar-refractivity contribution is 6.31. The van der Waals surface area contributed by atoms with E-state index in [1.807, 2.05) is 12.1 Å². The van der Waals surface area contributed by atoms with Crippen LogP contribution in [0.15, 0.2) is 18.2 Å². The van der Waals surface area contributed by atoms with Gasteiger partial charge in [0, 0.05) is 24.8 Å². The number of halogens is 1. The molecule has 2 heterocycles. The van der Waals surface area contributed by atoms with Crippen molar-refractivity contribution in [3.63, 3.8) is 0 Å². The minimum atomic E-state index is 0.527. The molecular formula is C14H16ClN3. The summed E-state index contributed by atoms with van der Waals surface area (Å²) in [5.41, 5.74) is 1.56. The lowest BCUT2D eigenvalue weighted by atomic mass is 9.94. The summed E-state index contributed by atoms with van der Waals surface area (Å²) in [6.07, 6.45) is 2.48. The summed E-state index contributed by atoms with van der Waals surface area (Å²) in [4.78, 5) is 2.53. The Hall–Kier alpha value is -1.24. The molecule has 0 spiro atoms. The van der Waals surface area contributed by atoms with E-state index in [0.29, 0.717) is 16.6 Å². The number of hydrogen-bond donors (Lipinski definition) is 1. The molecule has 1 aromatic carbocycles. The Labute approximate surface area is 112 Å². The molecule has 0 aliphatic carbocycles. The molecule has 2 saturated heterocycles. The van der Waals surface area contributed by atoms with E-state index in [-0.39, 0.29) is 0 Å². The number of rotatable bonds is 2. The van der Waals surface area contributed by atoms with Crippen LogP contribution in [0.3, 0.4) is 0 Å². The van der Waals surface area contributed by atoms with E-state index in [0.717, 1.165) is 11.6 Å². The highest BCUT2D eigenvalue weighted by atomic mass is 35.5. The van der Waals surface area contributed by atoms with E-state index in [1.54, 1.807) is 6.07 Å². The van der Waals surface area contributed by atoms with Crippen molar-refractivity contribution < 1.29 is 0 Å². The van der Waals surface area contributed by atoms with Crippen LogP contribution in [-0.4, -0.2) is 30.6 Å². The van der Waals surface area contributed by atoms with Gasteiger partial charge in [-0.15, -0.1) is 0 Å². The largest absolute Gasteiger partial charge is 0.382 e. The smallest absolute Gasteiger partial charge is 0.101 e. The molecule has 18 heavy (non-hydrogen) atoms. The summed E-state index contributed by atoms with van der Waals surface area (Å²) >= 11 is 5.94. The van der Waals surface area contributed by atoms with Crippen molar-refractivity contribution in [2.24, 2.45) is 5.92 Å². The third-order valence-corrected chi connectivity index (χ3v) is 4.40. The zero-order chi connectivity index (χ0) is 12.5. The first-order chi connectivity index (χ1) is 8.76. The van der Waals surface area contributed by atoms with Gasteiger partial charge in [0.25, 0.3) is 0 Å². The highest BCUT2D eigenvalue weighted by Crippen LogP contribution is 2.30. The molecule has 94 valence electrons. The predicted molar refractivity (Wildman–Crippen MR) is 72.7 cm³/mol. The van der Waals surface area contributed by atoms with Crippen molar-refractivity contribution in [3.05, 3.63) is 28.8 Å². The average molecular weight is 262 g/mol. The molecule has 0 radical (unpaired) electrons. The Kier molecular flexibility index (Phi) is 3.15. The molecule has 1 N–H and O–H groups in total. The molecule has 2 fully saturated rings. The van der Waals surface area contributed by atoms with Gasteiger partial charge in [0.05, 0.1) is 10.6 Å². The van der Waals surface area contributed by atoms with Crippen LogP contribution in [0, 0.1) is 17.2 Å². The van der Waals surface area contributed by atoms with Crippen molar-refractivity contribution >= 4 is 17.3 Å². The second kappa shape index (κ2) is 4.79. The lowest BCUT2D eigenvalue weighted by molar-refractivity contribution is 0.255. The molecule has 3 atom stereocenters. The van der Waals surface area contributed by atoms with E-state index in [1.165, 1.54) is 32.5 Å². The molecule has 2 bridgehead atoms. The van der Waals surface area contributed by atoms with Crippen LogP contribution in [0.25, 0.3) is 0 Å². The Morgan fingerprint density at radius 3 is 3.00 bits per heavy atom. The number of piperidine rings is 1. The van der Waals surface area contributed by atoms with Crippen LogP contribution < -0.4 is 5.32 Å². The van der Waals surface area contributed by atoms with E-state index in [9.17, 15) is 0 Å². The van der Waals surface area contributed by atoms with Gasteiger partial charge in [0.15, 0.2) is 0 Å². The number of anilines is 1. The third-order valence-electron chi connectivity index (χ3n) is 4.07. The Morgan fingerprint density at radius 2 is 2.17 bits per heavy atom. The summed E-state index contributed by atoms with van der Waals surface area (Å²) < 4.78 is 0. The maximum absolute atomic E-state index is 8.98. The molecule has 0 amide bonds. The summed E-state index contributed by atoms with van der Waals surface area (Å²) in [6.45, 7) is 3.65. The lowest BCUT2D eigenvalue weighted by Gasteiger charge is -2.31. The van der Waals surface area contributed by atoms with Gasteiger partial charge in [-0.3, -0.25) is 0 Å². The fraction of sp³-hybridized carbons (Fsp3) is 0.500. The Bertz CT molecular complexity index is 494. The van der Waals surface area contributed by atoms with Gasteiger partial charge in [-0.25, -0.2) is 0 Å².